The Morgan fingerprint density at radius 1 is 1.08 bits per heavy atom. The summed E-state index contributed by atoms with van der Waals surface area (Å²) in [5.41, 5.74) is 4.01. The molecular formula is C22H27N3O. The van der Waals surface area contributed by atoms with Crippen LogP contribution in [-0.4, -0.2) is 16.1 Å². The molecule has 0 amide bonds. The van der Waals surface area contributed by atoms with Crippen LogP contribution in [0.25, 0.3) is 16.6 Å². The van der Waals surface area contributed by atoms with Crippen LogP contribution in [0.15, 0.2) is 47.3 Å². The lowest BCUT2D eigenvalue weighted by atomic mass is 10.1. The van der Waals surface area contributed by atoms with Gasteiger partial charge >= 0.3 is 0 Å². The van der Waals surface area contributed by atoms with Crippen molar-refractivity contribution in [3.63, 3.8) is 0 Å². The molecule has 4 heteroatoms. The molecule has 3 aromatic rings. The molecule has 136 valence electrons. The van der Waals surface area contributed by atoms with Gasteiger partial charge in [0.1, 0.15) is 5.82 Å². The van der Waals surface area contributed by atoms with Gasteiger partial charge in [-0.3, -0.25) is 9.36 Å². The van der Waals surface area contributed by atoms with Gasteiger partial charge in [-0.25, -0.2) is 4.98 Å². The number of hydrogen-bond acceptors (Lipinski definition) is 3. The van der Waals surface area contributed by atoms with Gasteiger partial charge in [-0.15, -0.1) is 0 Å². The van der Waals surface area contributed by atoms with Gasteiger partial charge in [0.2, 0.25) is 0 Å². The third kappa shape index (κ3) is 3.42. The summed E-state index contributed by atoms with van der Waals surface area (Å²) in [4.78, 5) is 18.2. The summed E-state index contributed by atoms with van der Waals surface area (Å²) in [6.45, 7) is 9.32. The van der Waals surface area contributed by atoms with E-state index in [1.165, 1.54) is 11.1 Å². The molecule has 0 bridgehead atoms. The van der Waals surface area contributed by atoms with Crippen LogP contribution < -0.4 is 10.9 Å². The highest BCUT2D eigenvalue weighted by Crippen LogP contribution is 2.21. The number of aryl methyl sites for hydroxylation is 2. The lowest BCUT2D eigenvalue weighted by Gasteiger charge is -2.22. The molecule has 0 unspecified atom stereocenters. The van der Waals surface area contributed by atoms with Gasteiger partial charge < -0.3 is 5.32 Å². The third-order valence-electron chi connectivity index (χ3n) is 4.91. The zero-order valence-electron chi connectivity index (χ0n) is 16.0. The first kappa shape index (κ1) is 18.3. The number of nitrogens with zero attached hydrogens (tertiary/aromatic N) is 2. The van der Waals surface area contributed by atoms with E-state index in [-0.39, 0.29) is 11.6 Å². The molecule has 3 rings (SSSR count). The van der Waals surface area contributed by atoms with E-state index >= 15 is 0 Å². The summed E-state index contributed by atoms with van der Waals surface area (Å²) < 4.78 is 1.78. The Morgan fingerprint density at radius 3 is 2.54 bits per heavy atom. The Labute approximate surface area is 154 Å². The average Bonchev–Trinajstić information content (AvgIpc) is 2.65. The summed E-state index contributed by atoms with van der Waals surface area (Å²) >= 11 is 0. The van der Waals surface area contributed by atoms with Crippen LogP contribution in [0.5, 0.6) is 0 Å². The van der Waals surface area contributed by atoms with Crippen molar-refractivity contribution < 1.29 is 0 Å². The average molecular weight is 349 g/mol. The van der Waals surface area contributed by atoms with E-state index in [1.807, 2.05) is 30.3 Å². The molecule has 0 fully saturated rings. The molecule has 2 aromatic carbocycles. The topological polar surface area (TPSA) is 46.9 Å². The van der Waals surface area contributed by atoms with Crippen molar-refractivity contribution in [3.05, 3.63) is 69.8 Å². The fourth-order valence-corrected chi connectivity index (χ4v) is 3.23. The molecule has 0 aliphatic heterocycles. The molecule has 0 saturated heterocycles. The molecule has 26 heavy (non-hydrogen) atoms. The van der Waals surface area contributed by atoms with Crippen molar-refractivity contribution in [3.8, 4) is 5.69 Å². The first-order valence-corrected chi connectivity index (χ1v) is 9.39. The maximum absolute atomic E-state index is 13.3. The lowest BCUT2D eigenvalue weighted by molar-refractivity contribution is 0.484. The number of aromatic nitrogens is 2. The lowest BCUT2D eigenvalue weighted by Crippen LogP contribution is -2.31. The predicted molar refractivity (Wildman–Crippen MR) is 108 cm³/mol. The number of para-hydroxylation sites is 1. The second-order valence-corrected chi connectivity index (χ2v) is 6.81. The number of benzene rings is 2. The standard InChI is InChI=1S/C22H27N3O/c1-5-13-23-19(6-2)21-24-20-10-8-7-9-18(20)22(26)25(21)17-12-11-15(3)16(4)14-17/h7-12,14,19,23H,5-6,13H2,1-4H3/t19-/m0/s1. The maximum atomic E-state index is 13.3. The molecule has 1 N–H and O–H groups in total. The second-order valence-electron chi connectivity index (χ2n) is 6.81. The van der Waals surface area contributed by atoms with Crippen molar-refractivity contribution in [2.24, 2.45) is 0 Å². The van der Waals surface area contributed by atoms with Gasteiger partial charge in [0.05, 0.1) is 22.6 Å². The molecular weight excluding hydrogens is 322 g/mol. The van der Waals surface area contributed by atoms with Crippen molar-refractivity contribution >= 4 is 10.9 Å². The molecule has 1 aromatic heterocycles. The summed E-state index contributed by atoms with van der Waals surface area (Å²) in [5, 5.41) is 4.19. The summed E-state index contributed by atoms with van der Waals surface area (Å²) in [6.07, 6.45) is 1.91. The largest absolute Gasteiger partial charge is 0.307 e. The fourth-order valence-electron chi connectivity index (χ4n) is 3.23. The van der Waals surface area contributed by atoms with Crippen LogP contribution in [0.4, 0.5) is 0 Å². The molecule has 0 spiro atoms. The highest BCUT2D eigenvalue weighted by Gasteiger charge is 2.19. The Bertz CT molecular complexity index is 975. The highest BCUT2D eigenvalue weighted by atomic mass is 16.1. The molecule has 1 atom stereocenters. The van der Waals surface area contributed by atoms with Crippen molar-refractivity contribution in [2.45, 2.75) is 46.6 Å². The SMILES string of the molecule is CCCN[C@@H](CC)c1nc2ccccc2c(=O)n1-c1ccc(C)c(C)c1. The second kappa shape index (κ2) is 7.83. The molecule has 0 radical (unpaired) electrons. The van der Waals surface area contributed by atoms with Gasteiger partial charge in [-0.2, -0.15) is 0 Å². The molecule has 1 heterocycles. The van der Waals surface area contributed by atoms with Gasteiger partial charge in [0.15, 0.2) is 0 Å². The molecule has 0 saturated carbocycles. The first-order valence-electron chi connectivity index (χ1n) is 9.39. The van der Waals surface area contributed by atoms with Crippen LogP contribution in [-0.2, 0) is 0 Å². The Hall–Kier alpha value is -2.46. The van der Waals surface area contributed by atoms with Crippen molar-refractivity contribution in [1.29, 1.82) is 0 Å². The number of hydrogen-bond donors (Lipinski definition) is 1. The van der Waals surface area contributed by atoms with Gasteiger partial charge in [-0.1, -0.05) is 32.0 Å². The van der Waals surface area contributed by atoms with E-state index in [4.69, 9.17) is 4.98 Å². The Balaban J connectivity index is 2.30. The molecule has 0 aliphatic rings. The quantitative estimate of drug-likeness (QED) is 0.715. The Kier molecular flexibility index (Phi) is 5.52. The normalized spacial score (nSPS) is 12.5. The van der Waals surface area contributed by atoms with E-state index in [0.29, 0.717) is 5.39 Å². The summed E-state index contributed by atoms with van der Waals surface area (Å²) in [7, 11) is 0. The first-order chi connectivity index (χ1) is 12.6. The van der Waals surface area contributed by atoms with Crippen LogP contribution in [0.2, 0.25) is 0 Å². The van der Waals surface area contributed by atoms with E-state index in [9.17, 15) is 4.79 Å². The van der Waals surface area contributed by atoms with Crippen molar-refractivity contribution in [1.82, 2.24) is 14.9 Å². The maximum Gasteiger partial charge on any atom is 0.266 e. The predicted octanol–water partition coefficient (Wildman–Crippen LogP) is 4.45. The van der Waals surface area contributed by atoms with Crippen LogP contribution >= 0.6 is 0 Å². The fraction of sp³-hybridized carbons (Fsp3) is 0.364. The number of nitrogens with one attached hydrogen (secondary N) is 1. The zero-order valence-corrected chi connectivity index (χ0v) is 16.0. The van der Waals surface area contributed by atoms with E-state index in [1.54, 1.807) is 4.57 Å². The number of fused-ring (bicyclic) bond motifs is 1. The summed E-state index contributed by atoms with van der Waals surface area (Å²) in [6, 6.07) is 13.8. The van der Waals surface area contributed by atoms with Gasteiger partial charge in [-0.05, 0) is 68.6 Å². The Morgan fingerprint density at radius 2 is 1.85 bits per heavy atom. The summed E-state index contributed by atoms with van der Waals surface area (Å²) in [5.74, 6) is 0.785. The van der Waals surface area contributed by atoms with E-state index in [0.717, 1.165) is 36.4 Å². The van der Waals surface area contributed by atoms with Crippen LogP contribution in [0.1, 0.15) is 49.7 Å². The van der Waals surface area contributed by atoms with E-state index < -0.39 is 0 Å². The minimum atomic E-state index is -0.00870. The highest BCUT2D eigenvalue weighted by molar-refractivity contribution is 5.77. The minimum absolute atomic E-state index is 0.00870. The van der Waals surface area contributed by atoms with Crippen LogP contribution in [0, 0.1) is 13.8 Å². The smallest absolute Gasteiger partial charge is 0.266 e. The van der Waals surface area contributed by atoms with Crippen molar-refractivity contribution in [2.75, 3.05) is 6.54 Å². The van der Waals surface area contributed by atoms with E-state index in [2.05, 4.69) is 45.1 Å². The number of rotatable bonds is 6. The van der Waals surface area contributed by atoms with Gasteiger partial charge in [0, 0.05) is 0 Å². The van der Waals surface area contributed by atoms with Crippen LogP contribution in [0.3, 0.4) is 0 Å². The minimum Gasteiger partial charge on any atom is -0.307 e. The molecule has 0 aliphatic carbocycles. The monoisotopic (exact) mass is 349 g/mol. The van der Waals surface area contributed by atoms with Gasteiger partial charge in [0.25, 0.3) is 5.56 Å². The zero-order chi connectivity index (χ0) is 18.7. The molecule has 4 nitrogen and oxygen atoms in total. The third-order valence-corrected chi connectivity index (χ3v) is 4.91.